The molecule has 1 fully saturated rings. The lowest BCUT2D eigenvalue weighted by Gasteiger charge is -2.22. The van der Waals surface area contributed by atoms with Crippen molar-refractivity contribution in [2.75, 3.05) is 19.6 Å². The van der Waals surface area contributed by atoms with E-state index in [1.54, 1.807) is 0 Å². The van der Waals surface area contributed by atoms with E-state index >= 15 is 0 Å². The van der Waals surface area contributed by atoms with E-state index in [9.17, 15) is 4.79 Å². The Kier molecular flexibility index (Phi) is 3.74. The highest BCUT2D eigenvalue weighted by molar-refractivity contribution is 5.97. The van der Waals surface area contributed by atoms with E-state index in [0.29, 0.717) is 31.1 Å². The molecule has 1 aliphatic heterocycles. The molecule has 2 N–H and O–H groups in total. The summed E-state index contributed by atoms with van der Waals surface area (Å²) in [5, 5.41) is 0. The van der Waals surface area contributed by atoms with Crippen LogP contribution >= 0.6 is 0 Å². The van der Waals surface area contributed by atoms with Gasteiger partial charge in [0.05, 0.1) is 0 Å². The van der Waals surface area contributed by atoms with Crippen molar-refractivity contribution in [3.63, 3.8) is 0 Å². The molecule has 5 nitrogen and oxygen atoms in total. The van der Waals surface area contributed by atoms with Crippen molar-refractivity contribution in [2.45, 2.75) is 20.3 Å². The van der Waals surface area contributed by atoms with E-state index in [4.69, 9.17) is 10.2 Å². The van der Waals surface area contributed by atoms with E-state index in [2.05, 4.69) is 11.9 Å². The number of carbonyl (C=O) groups excluding carboxylic acids is 1. The van der Waals surface area contributed by atoms with E-state index in [0.717, 1.165) is 17.5 Å². The molecule has 1 atom stereocenters. The van der Waals surface area contributed by atoms with Crippen LogP contribution in [0.1, 0.15) is 29.4 Å². The van der Waals surface area contributed by atoms with Gasteiger partial charge in [0.25, 0.3) is 5.91 Å². The highest BCUT2D eigenvalue weighted by Gasteiger charge is 2.36. The Morgan fingerprint density at radius 3 is 2.77 bits per heavy atom. The lowest BCUT2D eigenvalue weighted by atomic mass is 9.90. The molecule has 116 valence electrons. The highest BCUT2D eigenvalue weighted by atomic mass is 16.3. The first-order valence-electron chi connectivity index (χ1n) is 7.52. The quantitative estimate of drug-likeness (QED) is 0.945. The van der Waals surface area contributed by atoms with E-state index in [1.807, 2.05) is 36.1 Å². The topological polar surface area (TPSA) is 72.4 Å². The maximum absolute atomic E-state index is 12.7. The van der Waals surface area contributed by atoms with Gasteiger partial charge < -0.3 is 15.1 Å². The molecule has 0 aliphatic carbocycles. The number of amides is 1. The Morgan fingerprint density at radius 2 is 2.14 bits per heavy atom. The van der Waals surface area contributed by atoms with Crippen LogP contribution in [0.3, 0.4) is 0 Å². The average molecular weight is 299 g/mol. The van der Waals surface area contributed by atoms with Gasteiger partial charge in [0, 0.05) is 18.7 Å². The number of benzene rings is 1. The van der Waals surface area contributed by atoms with Gasteiger partial charge in [-0.1, -0.05) is 36.8 Å². The van der Waals surface area contributed by atoms with Gasteiger partial charge in [0.1, 0.15) is 0 Å². The van der Waals surface area contributed by atoms with Gasteiger partial charge in [0.2, 0.25) is 0 Å². The number of carbonyl (C=O) groups is 1. The number of rotatable bonds is 3. The number of hydrogen-bond acceptors (Lipinski definition) is 4. The Bertz CT molecular complexity index is 677. The number of aryl methyl sites for hydroxylation is 1. The van der Waals surface area contributed by atoms with Gasteiger partial charge in [-0.15, -0.1) is 0 Å². The molecule has 1 saturated heterocycles. The lowest BCUT2D eigenvalue weighted by molar-refractivity contribution is 0.0772. The Morgan fingerprint density at radius 1 is 1.41 bits per heavy atom. The van der Waals surface area contributed by atoms with Gasteiger partial charge in [-0.25, -0.2) is 4.98 Å². The highest BCUT2D eigenvalue weighted by Crippen LogP contribution is 2.31. The molecular formula is C17H21N3O2. The van der Waals surface area contributed by atoms with Crippen molar-refractivity contribution in [3.05, 3.63) is 41.9 Å². The third-order valence-electron chi connectivity index (χ3n) is 4.42. The van der Waals surface area contributed by atoms with Crippen LogP contribution in [0.2, 0.25) is 0 Å². The van der Waals surface area contributed by atoms with Gasteiger partial charge >= 0.3 is 0 Å². The van der Waals surface area contributed by atoms with Gasteiger partial charge in [-0.05, 0) is 25.3 Å². The smallest absolute Gasteiger partial charge is 0.276 e. The number of aromatic nitrogens is 1. The molecule has 5 heteroatoms. The van der Waals surface area contributed by atoms with Crippen molar-refractivity contribution in [3.8, 4) is 11.3 Å². The van der Waals surface area contributed by atoms with Crippen LogP contribution in [0, 0.1) is 12.3 Å². The minimum absolute atomic E-state index is 0.00339. The zero-order valence-corrected chi connectivity index (χ0v) is 13.0. The predicted molar refractivity (Wildman–Crippen MR) is 84.4 cm³/mol. The molecule has 0 spiro atoms. The van der Waals surface area contributed by atoms with E-state index in [1.165, 1.54) is 6.39 Å². The molecule has 2 heterocycles. The minimum Gasteiger partial charge on any atom is -0.443 e. The van der Waals surface area contributed by atoms with Crippen LogP contribution in [0.4, 0.5) is 0 Å². The second-order valence-corrected chi connectivity index (χ2v) is 6.39. The van der Waals surface area contributed by atoms with Crippen LogP contribution in [0.5, 0.6) is 0 Å². The number of hydrogen-bond donors (Lipinski definition) is 1. The summed E-state index contributed by atoms with van der Waals surface area (Å²) in [6, 6.07) is 7.88. The summed E-state index contributed by atoms with van der Waals surface area (Å²) in [5.41, 5.74) is 8.22. The first-order chi connectivity index (χ1) is 10.5. The zero-order chi connectivity index (χ0) is 15.7. The largest absolute Gasteiger partial charge is 0.443 e. The maximum atomic E-state index is 12.7. The third-order valence-corrected chi connectivity index (χ3v) is 4.42. The molecule has 22 heavy (non-hydrogen) atoms. The fraction of sp³-hybridized carbons (Fsp3) is 0.412. The molecule has 0 saturated carbocycles. The van der Waals surface area contributed by atoms with E-state index < -0.39 is 0 Å². The maximum Gasteiger partial charge on any atom is 0.276 e. The average Bonchev–Trinajstić information content (AvgIpc) is 3.15. The first kappa shape index (κ1) is 14.8. The molecule has 1 aromatic carbocycles. The second kappa shape index (κ2) is 5.57. The Labute approximate surface area is 130 Å². The molecule has 0 radical (unpaired) electrons. The summed E-state index contributed by atoms with van der Waals surface area (Å²) in [5.74, 6) is 0.452. The summed E-state index contributed by atoms with van der Waals surface area (Å²) < 4.78 is 5.47. The molecule has 1 unspecified atom stereocenters. The van der Waals surface area contributed by atoms with Crippen molar-refractivity contribution >= 4 is 5.91 Å². The number of oxazole rings is 1. The SMILES string of the molecule is Cc1ccc(-c2ocnc2C(=O)N2CCC(C)(CN)C2)cc1. The first-order valence-corrected chi connectivity index (χ1v) is 7.52. The number of likely N-dealkylation sites (tertiary alicyclic amines) is 1. The molecule has 2 aromatic rings. The summed E-state index contributed by atoms with van der Waals surface area (Å²) in [6.45, 7) is 6.10. The van der Waals surface area contributed by atoms with Crippen molar-refractivity contribution < 1.29 is 9.21 Å². The van der Waals surface area contributed by atoms with Gasteiger partial charge in [-0.3, -0.25) is 4.79 Å². The molecule has 1 amide bonds. The van der Waals surface area contributed by atoms with Crippen LogP contribution < -0.4 is 5.73 Å². The minimum atomic E-state index is -0.0819. The fourth-order valence-electron chi connectivity index (χ4n) is 2.82. The summed E-state index contributed by atoms with van der Waals surface area (Å²) in [4.78, 5) is 18.7. The number of nitrogens with two attached hydrogens (primary N) is 1. The standard InChI is InChI=1S/C17H21N3O2/c1-12-3-5-13(6-4-12)15-14(19-11-22-15)16(21)20-8-7-17(2,9-18)10-20/h3-6,11H,7-10,18H2,1-2H3. The predicted octanol–water partition coefficient (Wildman–Crippen LogP) is 2.46. The van der Waals surface area contributed by atoms with Crippen LogP contribution in [-0.2, 0) is 0 Å². The van der Waals surface area contributed by atoms with Gasteiger partial charge in [-0.2, -0.15) is 0 Å². The third kappa shape index (κ3) is 2.64. The van der Waals surface area contributed by atoms with Crippen molar-refractivity contribution in [1.82, 2.24) is 9.88 Å². The summed E-state index contributed by atoms with van der Waals surface area (Å²) >= 11 is 0. The fourth-order valence-corrected chi connectivity index (χ4v) is 2.82. The molecule has 0 bridgehead atoms. The molecular weight excluding hydrogens is 278 g/mol. The monoisotopic (exact) mass is 299 g/mol. The van der Waals surface area contributed by atoms with Crippen molar-refractivity contribution in [1.29, 1.82) is 0 Å². The molecule has 1 aliphatic rings. The Hall–Kier alpha value is -2.14. The van der Waals surface area contributed by atoms with E-state index in [-0.39, 0.29) is 11.3 Å². The molecule has 1 aromatic heterocycles. The summed E-state index contributed by atoms with van der Waals surface area (Å²) in [6.07, 6.45) is 2.26. The van der Waals surface area contributed by atoms with Crippen LogP contribution in [0.15, 0.2) is 35.1 Å². The van der Waals surface area contributed by atoms with Crippen LogP contribution in [-0.4, -0.2) is 35.4 Å². The number of nitrogens with zero attached hydrogens (tertiary/aromatic N) is 2. The zero-order valence-electron chi connectivity index (χ0n) is 13.0. The summed E-state index contributed by atoms with van der Waals surface area (Å²) in [7, 11) is 0. The van der Waals surface area contributed by atoms with Gasteiger partial charge in [0.15, 0.2) is 17.8 Å². The lowest BCUT2D eigenvalue weighted by Crippen LogP contribution is -2.34. The second-order valence-electron chi connectivity index (χ2n) is 6.39. The molecule has 3 rings (SSSR count). The van der Waals surface area contributed by atoms with Crippen LogP contribution in [0.25, 0.3) is 11.3 Å². The van der Waals surface area contributed by atoms with Crippen molar-refractivity contribution in [2.24, 2.45) is 11.1 Å². The normalized spacial score (nSPS) is 21.3. The Balaban J connectivity index is 1.86.